The lowest BCUT2D eigenvalue weighted by Crippen LogP contribution is -2.33. The Morgan fingerprint density at radius 2 is 1.72 bits per heavy atom. The third kappa shape index (κ3) is 5.54. The van der Waals surface area contributed by atoms with Crippen LogP contribution in [0.4, 0.5) is 0 Å². The van der Waals surface area contributed by atoms with Crippen LogP contribution in [0, 0.1) is 0 Å². The SMILES string of the molecule is O=c1oc2cc(O)ccc2c(Cc2ccc(OCCN3CCCCC3)cc2)c1-c1ccc(Cl)cc1Cl. The highest BCUT2D eigenvalue weighted by atomic mass is 35.5. The molecule has 1 saturated heterocycles. The molecule has 7 heteroatoms. The molecule has 0 atom stereocenters. The molecule has 1 aromatic heterocycles. The molecule has 1 N–H and O–H groups in total. The Labute approximate surface area is 219 Å². The van der Waals surface area contributed by atoms with Crippen LogP contribution in [0.2, 0.25) is 10.0 Å². The number of likely N-dealkylation sites (tertiary alicyclic amines) is 1. The molecule has 0 radical (unpaired) electrons. The lowest BCUT2D eigenvalue weighted by atomic mass is 9.93. The summed E-state index contributed by atoms with van der Waals surface area (Å²) in [5.41, 5.74) is 2.51. The van der Waals surface area contributed by atoms with Gasteiger partial charge < -0.3 is 14.3 Å². The molecule has 5 rings (SSSR count). The molecule has 1 aliphatic heterocycles. The van der Waals surface area contributed by atoms with Gasteiger partial charge in [-0.3, -0.25) is 4.90 Å². The van der Waals surface area contributed by atoms with E-state index in [1.54, 1.807) is 30.3 Å². The largest absolute Gasteiger partial charge is 0.508 e. The van der Waals surface area contributed by atoms with Crippen molar-refractivity contribution in [2.75, 3.05) is 26.2 Å². The first-order valence-corrected chi connectivity index (χ1v) is 12.9. The summed E-state index contributed by atoms with van der Waals surface area (Å²) in [5, 5.41) is 11.5. The van der Waals surface area contributed by atoms with Gasteiger partial charge in [-0.25, -0.2) is 4.79 Å². The van der Waals surface area contributed by atoms with Crippen molar-refractivity contribution in [1.82, 2.24) is 4.90 Å². The van der Waals surface area contributed by atoms with Gasteiger partial charge in [0.05, 0.1) is 10.6 Å². The number of hydrogen-bond donors (Lipinski definition) is 1. The second-order valence-electron chi connectivity index (χ2n) is 9.12. The Kier molecular flexibility index (Phi) is 7.51. The Morgan fingerprint density at radius 3 is 2.47 bits per heavy atom. The van der Waals surface area contributed by atoms with E-state index in [1.165, 1.54) is 25.3 Å². The smallest absolute Gasteiger partial charge is 0.344 e. The molecule has 0 spiro atoms. The third-order valence-electron chi connectivity index (χ3n) is 6.63. The summed E-state index contributed by atoms with van der Waals surface area (Å²) in [6, 6.07) is 17.8. The first kappa shape index (κ1) is 24.7. The molecule has 0 unspecified atom stereocenters. The van der Waals surface area contributed by atoms with Gasteiger partial charge in [0.1, 0.15) is 23.7 Å². The van der Waals surface area contributed by atoms with E-state index in [0.717, 1.165) is 41.9 Å². The minimum Gasteiger partial charge on any atom is -0.508 e. The number of aromatic hydroxyl groups is 1. The minimum atomic E-state index is -0.523. The fourth-order valence-electron chi connectivity index (χ4n) is 4.79. The first-order valence-electron chi connectivity index (χ1n) is 12.2. The molecule has 0 bridgehead atoms. The molecular weight excluding hydrogens is 497 g/mol. The number of phenolic OH excluding ortho intramolecular Hbond substituents is 1. The normalized spacial score (nSPS) is 14.3. The van der Waals surface area contributed by atoms with Crippen LogP contribution in [0.1, 0.15) is 30.4 Å². The van der Waals surface area contributed by atoms with Gasteiger partial charge in [0.2, 0.25) is 0 Å². The quantitative estimate of drug-likeness (QED) is 0.266. The van der Waals surface area contributed by atoms with Crippen molar-refractivity contribution < 1.29 is 14.3 Å². The molecule has 0 amide bonds. The van der Waals surface area contributed by atoms with Gasteiger partial charge >= 0.3 is 5.63 Å². The molecule has 0 saturated carbocycles. The van der Waals surface area contributed by atoms with Crippen LogP contribution in [-0.2, 0) is 6.42 Å². The molecular formula is C29H27Cl2NO4. The van der Waals surface area contributed by atoms with E-state index in [-0.39, 0.29) is 5.75 Å². The molecule has 2 heterocycles. The van der Waals surface area contributed by atoms with Gasteiger partial charge in [-0.15, -0.1) is 0 Å². The van der Waals surface area contributed by atoms with Crippen molar-refractivity contribution in [3.63, 3.8) is 0 Å². The van der Waals surface area contributed by atoms with Crippen molar-refractivity contribution in [2.45, 2.75) is 25.7 Å². The van der Waals surface area contributed by atoms with Crippen molar-refractivity contribution in [1.29, 1.82) is 0 Å². The van der Waals surface area contributed by atoms with Gasteiger partial charge in [-0.05, 0) is 79.9 Å². The fourth-order valence-corrected chi connectivity index (χ4v) is 5.29. The fraction of sp³-hybridized carbons (Fsp3) is 0.276. The molecule has 186 valence electrons. The average molecular weight is 524 g/mol. The first-order chi connectivity index (χ1) is 17.5. The van der Waals surface area contributed by atoms with E-state index in [0.29, 0.717) is 39.8 Å². The van der Waals surface area contributed by atoms with E-state index < -0.39 is 5.63 Å². The lowest BCUT2D eigenvalue weighted by Gasteiger charge is -2.26. The van der Waals surface area contributed by atoms with Crippen molar-refractivity contribution >= 4 is 34.2 Å². The van der Waals surface area contributed by atoms with Gasteiger partial charge in [-0.2, -0.15) is 0 Å². The number of ether oxygens (including phenoxy) is 1. The molecule has 4 aromatic rings. The molecule has 3 aromatic carbocycles. The molecule has 1 fully saturated rings. The molecule has 5 nitrogen and oxygen atoms in total. The highest BCUT2D eigenvalue weighted by Gasteiger charge is 2.20. The van der Waals surface area contributed by atoms with Crippen LogP contribution < -0.4 is 10.4 Å². The Hall–Kier alpha value is -2.99. The number of benzene rings is 3. The predicted molar refractivity (Wildman–Crippen MR) is 145 cm³/mol. The van der Waals surface area contributed by atoms with Gasteiger partial charge in [-0.1, -0.05) is 47.8 Å². The number of fused-ring (bicyclic) bond motifs is 1. The third-order valence-corrected chi connectivity index (χ3v) is 7.18. The number of rotatable bonds is 7. The van der Waals surface area contributed by atoms with Crippen LogP contribution in [-0.4, -0.2) is 36.2 Å². The molecule has 1 aliphatic rings. The topological polar surface area (TPSA) is 62.9 Å². The summed E-state index contributed by atoms with van der Waals surface area (Å²) in [6.45, 7) is 3.90. The summed E-state index contributed by atoms with van der Waals surface area (Å²) in [6.07, 6.45) is 4.33. The van der Waals surface area contributed by atoms with Gasteiger partial charge in [0.15, 0.2) is 0 Å². The summed E-state index contributed by atoms with van der Waals surface area (Å²) >= 11 is 12.6. The van der Waals surface area contributed by atoms with Crippen molar-refractivity contribution in [2.24, 2.45) is 0 Å². The van der Waals surface area contributed by atoms with Gasteiger partial charge in [0.25, 0.3) is 0 Å². The zero-order chi connectivity index (χ0) is 25.1. The summed E-state index contributed by atoms with van der Waals surface area (Å²) in [5.74, 6) is 0.846. The van der Waals surface area contributed by atoms with E-state index >= 15 is 0 Å². The maximum Gasteiger partial charge on any atom is 0.344 e. The molecule has 0 aliphatic carbocycles. The maximum atomic E-state index is 13.1. The highest BCUT2D eigenvalue weighted by Crippen LogP contribution is 2.35. The van der Waals surface area contributed by atoms with E-state index in [4.69, 9.17) is 32.4 Å². The number of hydrogen-bond acceptors (Lipinski definition) is 5. The van der Waals surface area contributed by atoms with E-state index in [1.807, 2.05) is 24.3 Å². The Morgan fingerprint density at radius 1 is 0.944 bits per heavy atom. The second kappa shape index (κ2) is 11.0. The minimum absolute atomic E-state index is 0.0277. The van der Waals surface area contributed by atoms with E-state index in [9.17, 15) is 9.90 Å². The lowest BCUT2D eigenvalue weighted by molar-refractivity contribution is 0.183. The number of piperidine rings is 1. The van der Waals surface area contributed by atoms with Crippen molar-refractivity contribution in [3.05, 3.63) is 92.3 Å². The summed E-state index contributed by atoms with van der Waals surface area (Å²) in [7, 11) is 0. The monoisotopic (exact) mass is 523 g/mol. The van der Waals surface area contributed by atoms with Crippen LogP contribution in [0.25, 0.3) is 22.1 Å². The zero-order valence-electron chi connectivity index (χ0n) is 19.8. The van der Waals surface area contributed by atoms with Crippen LogP contribution in [0.5, 0.6) is 11.5 Å². The second-order valence-corrected chi connectivity index (χ2v) is 9.96. The van der Waals surface area contributed by atoms with Crippen LogP contribution >= 0.6 is 23.2 Å². The predicted octanol–water partition coefficient (Wildman–Crippen LogP) is 6.93. The summed E-state index contributed by atoms with van der Waals surface area (Å²) in [4.78, 5) is 15.6. The Bertz CT molecular complexity index is 1430. The zero-order valence-corrected chi connectivity index (χ0v) is 21.3. The number of phenols is 1. The molecule has 36 heavy (non-hydrogen) atoms. The standard InChI is InChI=1S/C29H27Cl2NO4/c30-20-6-10-24(26(31)17-20)28-25(23-11-7-21(33)18-27(23)36-29(28)34)16-19-4-8-22(9-5-19)35-15-14-32-12-2-1-3-13-32/h4-11,17-18,33H,1-3,12-16H2. The van der Waals surface area contributed by atoms with Gasteiger partial charge in [0, 0.05) is 28.6 Å². The Balaban J connectivity index is 1.44. The highest BCUT2D eigenvalue weighted by molar-refractivity contribution is 6.36. The number of halogens is 2. The number of nitrogens with zero attached hydrogens (tertiary/aromatic N) is 1. The van der Waals surface area contributed by atoms with Crippen molar-refractivity contribution in [3.8, 4) is 22.6 Å². The van der Waals surface area contributed by atoms with E-state index in [2.05, 4.69) is 4.90 Å². The maximum absolute atomic E-state index is 13.1. The summed E-state index contributed by atoms with van der Waals surface area (Å²) < 4.78 is 11.5. The average Bonchev–Trinajstić information content (AvgIpc) is 2.86. The van der Waals surface area contributed by atoms with Crippen LogP contribution in [0.15, 0.2) is 69.9 Å². The van der Waals surface area contributed by atoms with Crippen LogP contribution in [0.3, 0.4) is 0 Å².